The van der Waals surface area contributed by atoms with E-state index < -0.39 is 0 Å². The highest BCUT2D eigenvalue weighted by Crippen LogP contribution is 2.48. The van der Waals surface area contributed by atoms with Crippen LogP contribution >= 0.6 is 0 Å². The van der Waals surface area contributed by atoms with Crippen molar-refractivity contribution >= 4 is 5.69 Å². The van der Waals surface area contributed by atoms with Crippen molar-refractivity contribution in [3.8, 4) is 0 Å². The van der Waals surface area contributed by atoms with Crippen LogP contribution in [0, 0.1) is 5.92 Å². The number of hydrogen-bond donors (Lipinski definition) is 2. The molecule has 2 fully saturated rings. The number of aliphatic hydroxyl groups excluding tert-OH is 1. The lowest BCUT2D eigenvalue weighted by atomic mass is 9.70. The van der Waals surface area contributed by atoms with Crippen molar-refractivity contribution in [2.75, 3.05) is 18.5 Å². The van der Waals surface area contributed by atoms with Gasteiger partial charge in [0.05, 0.1) is 11.7 Å². The highest BCUT2D eigenvalue weighted by atomic mass is 16.5. The Bertz CT molecular complexity index is 510. The summed E-state index contributed by atoms with van der Waals surface area (Å²) in [4.78, 5) is 0. The molecule has 2 unspecified atom stereocenters. The molecule has 2 N–H and O–H groups in total. The van der Waals surface area contributed by atoms with Crippen molar-refractivity contribution < 1.29 is 9.84 Å². The number of ether oxygens (including phenoxy) is 1. The van der Waals surface area contributed by atoms with Gasteiger partial charge in [0.25, 0.3) is 0 Å². The van der Waals surface area contributed by atoms with E-state index in [9.17, 15) is 5.11 Å². The summed E-state index contributed by atoms with van der Waals surface area (Å²) in [5.41, 5.74) is 3.75. The van der Waals surface area contributed by atoms with Gasteiger partial charge in [-0.3, -0.25) is 0 Å². The molecule has 3 nitrogen and oxygen atoms in total. The lowest BCUT2D eigenvalue weighted by Gasteiger charge is -2.48. The number of benzene rings is 1. The van der Waals surface area contributed by atoms with Crippen LogP contribution in [0.25, 0.3) is 0 Å². The van der Waals surface area contributed by atoms with Crippen LogP contribution in [0.15, 0.2) is 18.2 Å². The topological polar surface area (TPSA) is 41.5 Å². The Morgan fingerprint density at radius 1 is 1.35 bits per heavy atom. The van der Waals surface area contributed by atoms with E-state index in [0.717, 1.165) is 38.0 Å². The number of aliphatic hydroxyl groups is 1. The van der Waals surface area contributed by atoms with Crippen LogP contribution in [0.5, 0.6) is 0 Å². The zero-order valence-corrected chi connectivity index (χ0v) is 11.9. The van der Waals surface area contributed by atoms with Gasteiger partial charge in [0.15, 0.2) is 0 Å². The van der Waals surface area contributed by atoms with Gasteiger partial charge in [-0.2, -0.15) is 0 Å². The third-order valence-electron chi connectivity index (χ3n) is 5.44. The molecule has 0 radical (unpaired) electrons. The van der Waals surface area contributed by atoms with E-state index >= 15 is 0 Å². The normalized spacial score (nSPS) is 28.6. The second kappa shape index (κ2) is 4.74. The second-order valence-corrected chi connectivity index (χ2v) is 6.64. The molecule has 1 spiro atoms. The molecule has 1 saturated heterocycles. The van der Waals surface area contributed by atoms with Crippen LogP contribution in [0.1, 0.15) is 49.3 Å². The van der Waals surface area contributed by atoms with E-state index in [1.807, 2.05) is 0 Å². The van der Waals surface area contributed by atoms with E-state index in [1.54, 1.807) is 0 Å². The SMILES string of the molecule is OC(c1cccc2c1NCC2)C1CCOC2(CCC2)C1. The van der Waals surface area contributed by atoms with Crippen molar-refractivity contribution in [1.29, 1.82) is 0 Å². The zero-order valence-electron chi connectivity index (χ0n) is 11.9. The third kappa shape index (κ3) is 1.95. The Hall–Kier alpha value is -1.06. The molecule has 108 valence electrons. The molecule has 2 aliphatic heterocycles. The van der Waals surface area contributed by atoms with Gasteiger partial charge in [0.2, 0.25) is 0 Å². The molecule has 1 aromatic carbocycles. The fourth-order valence-electron chi connectivity index (χ4n) is 4.12. The number of nitrogens with one attached hydrogen (secondary N) is 1. The van der Waals surface area contributed by atoms with E-state index in [4.69, 9.17) is 4.74 Å². The average molecular weight is 273 g/mol. The summed E-state index contributed by atoms with van der Waals surface area (Å²) in [6, 6.07) is 6.34. The van der Waals surface area contributed by atoms with Gasteiger partial charge in [-0.15, -0.1) is 0 Å². The van der Waals surface area contributed by atoms with Crippen LogP contribution in [0.2, 0.25) is 0 Å². The summed E-state index contributed by atoms with van der Waals surface area (Å²) in [5, 5.41) is 14.3. The number of hydrogen-bond acceptors (Lipinski definition) is 3. The van der Waals surface area contributed by atoms with Gasteiger partial charge in [0.1, 0.15) is 0 Å². The van der Waals surface area contributed by atoms with Gasteiger partial charge in [-0.25, -0.2) is 0 Å². The quantitative estimate of drug-likeness (QED) is 0.870. The van der Waals surface area contributed by atoms with E-state index in [1.165, 1.54) is 30.5 Å². The van der Waals surface area contributed by atoms with Gasteiger partial charge in [0, 0.05) is 24.4 Å². The first kappa shape index (κ1) is 12.7. The summed E-state index contributed by atoms with van der Waals surface area (Å²) < 4.78 is 5.98. The summed E-state index contributed by atoms with van der Waals surface area (Å²) in [7, 11) is 0. The molecule has 20 heavy (non-hydrogen) atoms. The first-order valence-corrected chi connectivity index (χ1v) is 7.95. The Balaban J connectivity index is 1.58. The minimum Gasteiger partial charge on any atom is -0.388 e. The monoisotopic (exact) mass is 273 g/mol. The predicted octanol–water partition coefficient (Wildman–Crippen LogP) is 3.04. The largest absolute Gasteiger partial charge is 0.388 e. The van der Waals surface area contributed by atoms with Crippen LogP contribution in [-0.4, -0.2) is 23.9 Å². The molecule has 0 bridgehead atoms. The average Bonchev–Trinajstić information content (AvgIpc) is 2.93. The van der Waals surface area contributed by atoms with E-state index in [2.05, 4.69) is 23.5 Å². The molecule has 2 atom stereocenters. The highest BCUT2D eigenvalue weighted by Gasteiger charge is 2.44. The second-order valence-electron chi connectivity index (χ2n) is 6.64. The van der Waals surface area contributed by atoms with Crippen molar-refractivity contribution in [3.05, 3.63) is 29.3 Å². The summed E-state index contributed by atoms with van der Waals surface area (Å²) in [5.74, 6) is 0.345. The minimum atomic E-state index is -0.350. The summed E-state index contributed by atoms with van der Waals surface area (Å²) in [6.45, 7) is 1.81. The van der Waals surface area contributed by atoms with Crippen molar-refractivity contribution in [2.45, 2.75) is 50.2 Å². The first-order chi connectivity index (χ1) is 9.77. The maximum absolute atomic E-state index is 10.9. The van der Waals surface area contributed by atoms with Crippen molar-refractivity contribution in [3.63, 3.8) is 0 Å². The number of para-hydroxylation sites is 1. The molecule has 1 aliphatic carbocycles. The van der Waals surface area contributed by atoms with E-state index in [-0.39, 0.29) is 11.7 Å². The van der Waals surface area contributed by atoms with Crippen LogP contribution in [0.4, 0.5) is 5.69 Å². The van der Waals surface area contributed by atoms with Crippen molar-refractivity contribution in [1.82, 2.24) is 0 Å². The molecule has 2 heterocycles. The lowest BCUT2D eigenvalue weighted by Crippen LogP contribution is -2.46. The zero-order chi connectivity index (χ0) is 13.6. The molecular formula is C17H23NO2. The summed E-state index contributed by atoms with van der Waals surface area (Å²) in [6.07, 6.45) is 6.38. The van der Waals surface area contributed by atoms with Crippen LogP contribution in [-0.2, 0) is 11.2 Å². The van der Waals surface area contributed by atoms with Gasteiger partial charge in [-0.05, 0) is 50.0 Å². The molecule has 0 amide bonds. The molecule has 1 saturated carbocycles. The van der Waals surface area contributed by atoms with Crippen LogP contribution in [0.3, 0.4) is 0 Å². The first-order valence-electron chi connectivity index (χ1n) is 7.95. The molecular weight excluding hydrogens is 250 g/mol. The number of fused-ring (bicyclic) bond motifs is 1. The fraction of sp³-hybridized carbons (Fsp3) is 0.647. The Morgan fingerprint density at radius 2 is 2.25 bits per heavy atom. The third-order valence-corrected chi connectivity index (χ3v) is 5.44. The maximum atomic E-state index is 10.9. The summed E-state index contributed by atoms with van der Waals surface area (Å²) >= 11 is 0. The Labute approximate surface area is 120 Å². The molecule has 0 aromatic heterocycles. The van der Waals surface area contributed by atoms with E-state index in [0.29, 0.717) is 5.92 Å². The Kier molecular flexibility index (Phi) is 3.00. The lowest BCUT2D eigenvalue weighted by molar-refractivity contribution is -0.157. The minimum absolute atomic E-state index is 0.106. The Morgan fingerprint density at radius 3 is 3.05 bits per heavy atom. The van der Waals surface area contributed by atoms with Crippen LogP contribution < -0.4 is 5.32 Å². The standard InChI is InChI=1S/C17H23NO2/c19-16(13-6-10-20-17(11-13)7-2-8-17)14-4-1-3-12-5-9-18-15(12)14/h1,3-4,13,16,18-19H,2,5-11H2. The van der Waals surface area contributed by atoms with Gasteiger partial charge in [-0.1, -0.05) is 18.2 Å². The van der Waals surface area contributed by atoms with Gasteiger partial charge < -0.3 is 15.2 Å². The number of rotatable bonds is 2. The predicted molar refractivity (Wildman–Crippen MR) is 78.9 cm³/mol. The molecule has 3 heteroatoms. The highest BCUT2D eigenvalue weighted by molar-refractivity contribution is 5.62. The molecule has 3 aliphatic rings. The maximum Gasteiger partial charge on any atom is 0.0840 e. The van der Waals surface area contributed by atoms with Gasteiger partial charge >= 0.3 is 0 Å². The molecule has 1 aromatic rings. The molecule has 4 rings (SSSR count). The smallest absolute Gasteiger partial charge is 0.0840 e. The van der Waals surface area contributed by atoms with Crippen molar-refractivity contribution in [2.24, 2.45) is 5.92 Å². The fourth-order valence-corrected chi connectivity index (χ4v) is 4.12. The number of anilines is 1.